The predicted molar refractivity (Wildman–Crippen MR) is 106 cm³/mol. The highest BCUT2D eigenvalue weighted by atomic mass is 32.1. The van der Waals surface area contributed by atoms with Crippen LogP contribution in [-0.4, -0.2) is 17.0 Å². The summed E-state index contributed by atoms with van der Waals surface area (Å²) in [7, 11) is 0. The molecule has 1 N–H and O–H groups in total. The lowest BCUT2D eigenvalue weighted by molar-refractivity contribution is 0.0946. The van der Waals surface area contributed by atoms with Crippen molar-refractivity contribution < 1.29 is 4.79 Å². The first-order valence-electron chi connectivity index (χ1n) is 8.22. The van der Waals surface area contributed by atoms with Gasteiger partial charge in [-0.25, -0.2) is 0 Å². The minimum atomic E-state index is -0.00381. The molecule has 1 aromatic carbocycles. The molecule has 126 valence electrons. The molecule has 3 aromatic heterocycles. The highest BCUT2D eigenvalue weighted by molar-refractivity contribution is 7.17. The molecule has 4 aromatic rings. The zero-order valence-electron chi connectivity index (χ0n) is 13.6. The van der Waals surface area contributed by atoms with E-state index in [4.69, 9.17) is 0 Å². The molecule has 0 aliphatic heterocycles. The van der Waals surface area contributed by atoms with Gasteiger partial charge in [-0.15, -0.1) is 22.7 Å². The van der Waals surface area contributed by atoms with Gasteiger partial charge >= 0.3 is 0 Å². The molecule has 0 aliphatic rings. The second-order valence-corrected chi connectivity index (χ2v) is 7.84. The molecule has 5 heteroatoms. The number of nitrogens with zero attached hydrogens (tertiary/aromatic N) is 1. The summed E-state index contributed by atoms with van der Waals surface area (Å²) in [5.41, 5.74) is 3.05. The largest absolute Gasteiger partial charge is 0.350 e. The highest BCUT2D eigenvalue weighted by Crippen LogP contribution is 2.26. The molecule has 1 amide bonds. The Balaban J connectivity index is 1.54. The minimum Gasteiger partial charge on any atom is -0.350 e. The summed E-state index contributed by atoms with van der Waals surface area (Å²) in [6.07, 6.45) is 0.872. The van der Waals surface area contributed by atoms with Crippen molar-refractivity contribution in [1.29, 1.82) is 0 Å². The van der Waals surface area contributed by atoms with Gasteiger partial charge in [0.05, 0.1) is 10.2 Å². The number of hydrogen-bond acceptors (Lipinski definition) is 3. The number of aromatic nitrogens is 1. The fourth-order valence-electron chi connectivity index (χ4n) is 2.95. The Kier molecular flexibility index (Phi) is 4.68. The van der Waals surface area contributed by atoms with Crippen LogP contribution in [0.4, 0.5) is 0 Å². The van der Waals surface area contributed by atoms with Gasteiger partial charge in [-0.1, -0.05) is 36.4 Å². The fourth-order valence-corrected chi connectivity index (χ4v) is 4.48. The lowest BCUT2D eigenvalue weighted by Gasteiger charge is -2.11. The lowest BCUT2D eigenvalue weighted by Crippen LogP contribution is -2.27. The zero-order chi connectivity index (χ0) is 17.1. The minimum absolute atomic E-state index is 0.00381. The van der Waals surface area contributed by atoms with Crippen LogP contribution in [0.25, 0.3) is 10.2 Å². The summed E-state index contributed by atoms with van der Waals surface area (Å²) in [5.74, 6) is -0.00381. The molecular formula is C20H18N2OS2. The van der Waals surface area contributed by atoms with Gasteiger partial charge in [0.1, 0.15) is 5.69 Å². The number of benzene rings is 1. The van der Waals surface area contributed by atoms with E-state index in [1.54, 1.807) is 22.7 Å². The van der Waals surface area contributed by atoms with Crippen LogP contribution in [0.15, 0.2) is 65.4 Å². The Morgan fingerprint density at radius 3 is 2.68 bits per heavy atom. The first kappa shape index (κ1) is 16.1. The third-order valence-corrected chi connectivity index (χ3v) is 5.97. The van der Waals surface area contributed by atoms with Gasteiger partial charge in [0.2, 0.25) is 0 Å². The van der Waals surface area contributed by atoms with Crippen molar-refractivity contribution in [2.45, 2.75) is 13.0 Å². The van der Waals surface area contributed by atoms with E-state index >= 15 is 0 Å². The quantitative estimate of drug-likeness (QED) is 0.523. The lowest BCUT2D eigenvalue weighted by atomic mass is 10.2. The molecule has 0 fully saturated rings. The zero-order valence-corrected chi connectivity index (χ0v) is 15.3. The van der Waals surface area contributed by atoms with Crippen molar-refractivity contribution >= 4 is 38.8 Å². The van der Waals surface area contributed by atoms with Crippen molar-refractivity contribution in [3.63, 3.8) is 0 Å². The summed E-state index contributed by atoms with van der Waals surface area (Å²) in [6.45, 7) is 1.36. The number of nitrogens with one attached hydrogen (secondary N) is 1. The molecular weight excluding hydrogens is 348 g/mol. The number of rotatable bonds is 6. The van der Waals surface area contributed by atoms with E-state index in [1.165, 1.54) is 10.4 Å². The molecule has 0 saturated heterocycles. The molecule has 3 heterocycles. The van der Waals surface area contributed by atoms with Crippen LogP contribution in [0.3, 0.4) is 0 Å². The molecule has 0 aliphatic carbocycles. The second kappa shape index (κ2) is 7.25. The summed E-state index contributed by atoms with van der Waals surface area (Å²) in [4.78, 5) is 14.0. The summed E-state index contributed by atoms with van der Waals surface area (Å²) >= 11 is 3.40. The SMILES string of the molecule is O=C(NCCc1cccs1)c1cc2sccc2n1Cc1ccccc1. The van der Waals surface area contributed by atoms with Crippen LogP contribution >= 0.6 is 22.7 Å². The Labute approximate surface area is 154 Å². The smallest absolute Gasteiger partial charge is 0.267 e. The van der Waals surface area contributed by atoms with Crippen molar-refractivity contribution in [2.24, 2.45) is 0 Å². The van der Waals surface area contributed by atoms with Crippen LogP contribution in [0, 0.1) is 0 Å². The van der Waals surface area contributed by atoms with Gasteiger partial charge in [-0.3, -0.25) is 4.79 Å². The third kappa shape index (κ3) is 3.52. The maximum atomic E-state index is 12.7. The van der Waals surface area contributed by atoms with E-state index < -0.39 is 0 Å². The number of hydrogen-bond donors (Lipinski definition) is 1. The van der Waals surface area contributed by atoms with Crippen molar-refractivity contribution in [2.75, 3.05) is 6.54 Å². The van der Waals surface area contributed by atoms with Crippen molar-refractivity contribution in [3.8, 4) is 0 Å². The standard InChI is InChI=1S/C20H18N2OS2/c23-20(21-10-8-16-7-4-11-24-16)18-13-19-17(9-12-25-19)22(18)14-15-5-2-1-3-6-15/h1-7,9,11-13H,8,10,14H2,(H,21,23). The first-order chi connectivity index (χ1) is 12.3. The Bertz CT molecular complexity index is 968. The molecule has 0 radical (unpaired) electrons. The predicted octanol–water partition coefficient (Wildman–Crippen LogP) is 4.79. The first-order valence-corrected chi connectivity index (χ1v) is 9.98. The van der Waals surface area contributed by atoms with Crippen LogP contribution in [0.5, 0.6) is 0 Å². The van der Waals surface area contributed by atoms with Gasteiger partial charge < -0.3 is 9.88 Å². The van der Waals surface area contributed by atoms with E-state index in [2.05, 4.69) is 44.9 Å². The molecule has 25 heavy (non-hydrogen) atoms. The molecule has 0 unspecified atom stereocenters. The molecule has 0 saturated carbocycles. The molecule has 4 rings (SSSR count). The number of carbonyl (C=O) groups excluding carboxylic acids is 1. The van der Waals surface area contributed by atoms with Gasteiger partial charge in [-0.05, 0) is 40.9 Å². The van der Waals surface area contributed by atoms with Crippen LogP contribution in [0.2, 0.25) is 0 Å². The van der Waals surface area contributed by atoms with E-state index in [-0.39, 0.29) is 5.91 Å². The van der Waals surface area contributed by atoms with E-state index in [1.807, 2.05) is 30.3 Å². The van der Waals surface area contributed by atoms with Crippen LogP contribution < -0.4 is 5.32 Å². The van der Waals surface area contributed by atoms with Crippen molar-refractivity contribution in [1.82, 2.24) is 9.88 Å². The number of amides is 1. The monoisotopic (exact) mass is 366 g/mol. The van der Waals surface area contributed by atoms with Gasteiger partial charge in [-0.2, -0.15) is 0 Å². The maximum absolute atomic E-state index is 12.7. The molecule has 0 atom stereocenters. The Morgan fingerprint density at radius 1 is 1.00 bits per heavy atom. The topological polar surface area (TPSA) is 34.0 Å². The van der Waals surface area contributed by atoms with Gasteiger partial charge in [0.25, 0.3) is 5.91 Å². The van der Waals surface area contributed by atoms with E-state index in [0.717, 1.165) is 22.3 Å². The third-order valence-electron chi connectivity index (χ3n) is 4.18. The Hall–Kier alpha value is -2.37. The molecule has 3 nitrogen and oxygen atoms in total. The number of fused-ring (bicyclic) bond motifs is 1. The summed E-state index contributed by atoms with van der Waals surface area (Å²) in [5, 5.41) is 7.21. The number of thiophene rings is 2. The van der Waals surface area contributed by atoms with Crippen LogP contribution in [0.1, 0.15) is 20.9 Å². The van der Waals surface area contributed by atoms with Gasteiger partial charge in [0.15, 0.2) is 0 Å². The average molecular weight is 367 g/mol. The highest BCUT2D eigenvalue weighted by Gasteiger charge is 2.16. The van der Waals surface area contributed by atoms with Crippen LogP contribution in [-0.2, 0) is 13.0 Å². The summed E-state index contributed by atoms with van der Waals surface area (Å²) < 4.78 is 3.26. The number of carbonyl (C=O) groups is 1. The molecule has 0 spiro atoms. The second-order valence-electron chi connectivity index (χ2n) is 5.86. The van der Waals surface area contributed by atoms with Gasteiger partial charge in [0, 0.05) is 18.0 Å². The molecule has 0 bridgehead atoms. The summed E-state index contributed by atoms with van der Waals surface area (Å²) in [6, 6.07) is 18.5. The maximum Gasteiger partial charge on any atom is 0.267 e. The van der Waals surface area contributed by atoms with E-state index in [9.17, 15) is 4.79 Å². The normalized spacial score (nSPS) is 11.0. The average Bonchev–Trinajstić information content (AvgIpc) is 3.35. The Morgan fingerprint density at radius 2 is 1.88 bits per heavy atom. The van der Waals surface area contributed by atoms with Crippen molar-refractivity contribution in [3.05, 3.63) is 81.5 Å². The van der Waals surface area contributed by atoms with E-state index in [0.29, 0.717) is 13.1 Å². The fraction of sp³-hybridized carbons (Fsp3) is 0.150.